The smallest absolute Gasteiger partial charge is 0.246 e. The van der Waals surface area contributed by atoms with Crippen LogP contribution in [0.4, 0.5) is 0 Å². The number of nitrogens with two attached hydrogens (primary N) is 1. The van der Waals surface area contributed by atoms with Gasteiger partial charge in [-0.15, -0.1) is 0 Å². The molecular formula is C54H96N10O8. The molecule has 0 aliphatic rings. The summed E-state index contributed by atoms with van der Waals surface area (Å²) >= 11 is 0. The third-order valence-corrected chi connectivity index (χ3v) is 13.7. The fourth-order valence-corrected chi connectivity index (χ4v) is 9.53. The number of amides is 8. The molecule has 0 aliphatic heterocycles. The summed E-state index contributed by atoms with van der Waals surface area (Å²) in [5, 5.41) is 11.8. The largest absolute Gasteiger partial charge is 0.354 e. The van der Waals surface area contributed by atoms with Crippen molar-refractivity contribution in [2.75, 3.05) is 55.4 Å². The summed E-state index contributed by atoms with van der Waals surface area (Å²) in [6, 6.07) is 1.60. The fourth-order valence-electron chi connectivity index (χ4n) is 9.53. The molecule has 8 atom stereocenters. The Morgan fingerprint density at radius 2 is 0.819 bits per heavy atom. The van der Waals surface area contributed by atoms with Crippen LogP contribution in [0.3, 0.4) is 0 Å². The van der Waals surface area contributed by atoms with E-state index in [2.05, 4.69) is 21.3 Å². The third-order valence-electron chi connectivity index (χ3n) is 13.7. The van der Waals surface area contributed by atoms with E-state index in [1.807, 2.05) is 85.7 Å². The Bertz CT molecular complexity index is 1930. The highest BCUT2D eigenvalue weighted by Crippen LogP contribution is 2.24. The predicted octanol–water partition coefficient (Wildman–Crippen LogP) is 3.37. The SMILES string of the molecule is CN[C@H](C(=O)N[C@H](C(=O)N(C)[C@H](C(=O)N(C)[C@H](C(=O)N[C@H](C(=O)N(C)[C@H](C(=O)N(C)[C@@H](Cc1ccccc1)C(=O)N(C)[C@H](C(=O)NCCCCN)C(C)C)C(C)C)C(C)C)C(C)C)C(C)C)C(C)C)C(C)C. The maximum absolute atomic E-state index is 14.9. The van der Waals surface area contributed by atoms with Crippen LogP contribution in [-0.4, -0.2) is 175 Å². The molecule has 1 aromatic rings. The van der Waals surface area contributed by atoms with E-state index in [0.717, 1.165) is 12.0 Å². The van der Waals surface area contributed by atoms with Gasteiger partial charge in [-0.25, -0.2) is 0 Å². The number of nitrogens with zero attached hydrogens (tertiary/aromatic N) is 5. The number of likely N-dealkylation sites (N-methyl/N-ethyl adjacent to an activating group) is 6. The monoisotopic (exact) mass is 1010 g/mol. The van der Waals surface area contributed by atoms with Crippen LogP contribution in [0.25, 0.3) is 0 Å². The van der Waals surface area contributed by atoms with Crippen LogP contribution in [0.1, 0.15) is 115 Å². The van der Waals surface area contributed by atoms with Gasteiger partial charge in [0.2, 0.25) is 47.3 Å². The van der Waals surface area contributed by atoms with E-state index >= 15 is 0 Å². The maximum atomic E-state index is 14.9. The first-order chi connectivity index (χ1) is 33.4. The third kappa shape index (κ3) is 17.5. The zero-order valence-corrected chi connectivity index (χ0v) is 47.7. The number of hydrogen-bond donors (Lipinski definition) is 5. The van der Waals surface area contributed by atoms with E-state index in [9.17, 15) is 38.4 Å². The summed E-state index contributed by atoms with van der Waals surface area (Å²) in [7, 11) is 9.34. The number of rotatable bonds is 29. The second-order valence-corrected chi connectivity index (χ2v) is 22.0. The van der Waals surface area contributed by atoms with Gasteiger partial charge in [-0.1, -0.05) is 127 Å². The zero-order chi connectivity index (χ0) is 55.6. The van der Waals surface area contributed by atoms with Gasteiger partial charge in [0.1, 0.15) is 42.3 Å². The van der Waals surface area contributed by atoms with Crippen LogP contribution in [0.2, 0.25) is 0 Å². The Morgan fingerprint density at radius 3 is 1.21 bits per heavy atom. The standard InChI is InChI=1S/C54H96N10O8/c1-31(2)40(56-15)47(65)58-41(32(3)4)51(69)64(20)46(37(13)14)54(72)62(18)44(35(9)10)49(67)59-42(33(5)6)52(70)63(19)45(36(11)12)53(71)60(16)39(30-38-26-22-21-23-27-38)50(68)61(17)43(34(7)8)48(66)57-29-25-24-28-55/h21-23,26-27,31-37,39-46,56H,24-25,28-30,55H2,1-20H3,(H,57,66)(H,58,65)(H,59,67)/t39-,40-,41-,42-,43-,44-,45-,46-/m0/s1. The molecule has 72 heavy (non-hydrogen) atoms. The summed E-state index contributed by atoms with van der Waals surface area (Å²) in [4.78, 5) is 121. The molecule has 0 fully saturated rings. The van der Waals surface area contributed by atoms with Gasteiger partial charge in [0, 0.05) is 48.2 Å². The second-order valence-electron chi connectivity index (χ2n) is 22.0. The average molecular weight is 1010 g/mol. The van der Waals surface area contributed by atoms with E-state index in [1.54, 1.807) is 55.6 Å². The lowest BCUT2D eigenvalue weighted by Crippen LogP contribution is -2.63. The Labute approximate surface area is 433 Å². The van der Waals surface area contributed by atoms with Crippen molar-refractivity contribution in [2.45, 2.75) is 165 Å². The maximum Gasteiger partial charge on any atom is 0.246 e. The number of unbranched alkanes of at least 4 members (excludes halogenated alkanes) is 1. The minimum Gasteiger partial charge on any atom is -0.354 e. The molecule has 0 spiro atoms. The van der Waals surface area contributed by atoms with Crippen LogP contribution in [0.15, 0.2) is 30.3 Å². The quantitative estimate of drug-likeness (QED) is 0.0736. The molecule has 0 bridgehead atoms. The Morgan fingerprint density at radius 1 is 0.444 bits per heavy atom. The topological polar surface area (TPSA) is 227 Å². The number of nitrogens with one attached hydrogen (secondary N) is 4. The molecule has 0 aliphatic carbocycles. The molecule has 0 unspecified atom stereocenters. The van der Waals surface area contributed by atoms with Gasteiger partial charge in [-0.05, 0) is 73.4 Å². The zero-order valence-electron chi connectivity index (χ0n) is 47.7. The molecule has 8 amide bonds. The van der Waals surface area contributed by atoms with E-state index < -0.39 is 107 Å². The van der Waals surface area contributed by atoms with Gasteiger partial charge in [0.15, 0.2) is 0 Å². The Balaban J connectivity index is 3.62. The summed E-state index contributed by atoms with van der Waals surface area (Å²) in [6.07, 6.45) is 1.57. The number of benzene rings is 1. The normalized spacial score (nSPS) is 15.1. The van der Waals surface area contributed by atoms with Gasteiger partial charge >= 0.3 is 0 Å². The van der Waals surface area contributed by atoms with Gasteiger partial charge < -0.3 is 51.5 Å². The fraction of sp³-hybridized carbons (Fsp3) is 0.741. The molecule has 0 radical (unpaired) electrons. The van der Waals surface area contributed by atoms with E-state index in [-0.39, 0.29) is 36.0 Å². The van der Waals surface area contributed by atoms with Crippen molar-refractivity contribution in [3.63, 3.8) is 0 Å². The van der Waals surface area contributed by atoms with Gasteiger partial charge in [-0.3, -0.25) is 38.4 Å². The lowest BCUT2D eigenvalue weighted by Gasteiger charge is -2.41. The lowest BCUT2D eigenvalue weighted by molar-refractivity contribution is -0.154. The van der Waals surface area contributed by atoms with Crippen LogP contribution in [0.5, 0.6) is 0 Å². The summed E-state index contributed by atoms with van der Waals surface area (Å²) in [5.41, 5.74) is 6.44. The molecule has 1 rings (SSSR count). The summed E-state index contributed by atoms with van der Waals surface area (Å²) in [5.74, 6) is -6.05. The van der Waals surface area contributed by atoms with Crippen molar-refractivity contribution in [3.8, 4) is 0 Å². The van der Waals surface area contributed by atoms with Crippen LogP contribution in [0, 0.1) is 41.4 Å². The van der Waals surface area contributed by atoms with Crippen molar-refractivity contribution in [3.05, 3.63) is 35.9 Å². The predicted molar refractivity (Wildman–Crippen MR) is 285 cm³/mol. The van der Waals surface area contributed by atoms with Crippen molar-refractivity contribution in [2.24, 2.45) is 47.2 Å². The minimum absolute atomic E-state index is 0.0457. The van der Waals surface area contributed by atoms with Crippen LogP contribution in [-0.2, 0) is 44.8 Å². The van der Waals surface area contributed by atoms with Gasteiger partial charge in [0.25, 0.3) is 0 Å². The first-order valence-electron chi connectivity index (χ1n) is 26.1. The van der Waals surface area contributed by atoms with Gasteiger partial charge in [-0.2, -0.15) is 0 Å². The first-order valence-corrected chi connectivity index (χ1v) is 26.1. The van der Waals surface area contributed by atoms with Crippen molar-refractivity contribution in [1.29, 1.82) is 0 Å². The second kappa shape index (κ2) is 30.2. The number of carbonyl (C=O) groups is 8. The highest BCUT2D eigenvalue weighted by molar-refractivity contribution is 5.98. The van der Waals surface area contributed by atoms with E-state index in [1.165, 1.54) is 52.7 Å². The molecule has 0 saturated heterocycles. The highest BCUT2D eigenvalue weighted by atomic mass is 16.2. The van der Waals surface area contributed by atoms with Gasteiger partial charge in [0.05, 0.1) is 6.04 Å². The Kier molecular flexibility index (Phi) is 27.2. The van der Waals surface area contributed by atoms with E-state index in [0.29, 0.717) is 19.5 Å². The average Bonchev–Trinajstić information content (AvgIpc) is 3.29. The minimum atomic E-state index is -1.14. The molecule has 410 valence electrons. The molecule has 0 aromatic heterocycles. The molecule has 1 aromatic carbocycles. The first kappa shape index (κ1) is 64.9. The molecule has 18 nitrogen and oxygen atoms in total. The molecule has 0 heterocycles. The van der Waals surface area contributed by atoms with Crippen LogP contribution < -0.4 is 27.0 Å². The molecule has 0 saturated carbocycles. The van der Waals surface area contributed by atoms with Crippen molar-refractivity contribution < 1.29 is 38.4 Å². The van der Waals surface area contributed by atoms with E-state index in [4.69, 9.17) is 5.73 Å². The number of carbonyl (C=O) groups excluding carboxylic acids is 8. The molecule has 6 N–H and O–H groups in total. The molecule has 18 heteroatoms. The van der Waals surface area contributed by atoms with Crippen molar-refractivity contribution in [1.82, 2.24) is 45.8 Å². The highest BCUT2D eigenvalue weighted by Gasteiger charge is 2.44. The number of hydrogen-bond acceptors (Lipinski definition) is 10. The van der Waals surface area contributed by atoms with Crippen molar-refractivity contribution >= 4 is 47.3 Å². The molecular weight excluding hydrogens is 917 g/mol. The van der Waals surface area contributed by atoms with Crippen LogP contribution >= 0.6 is 0 Å². The Hall–Kier alpha value is -5.10. The lowest BCUT2D eigenvalue weighted by atomic mass is 9.94. The summed E-state index contributed by atoms with van der Waals surface area (Å²) < 4.78 is 0. The summed E-state index contributed by atoms with van der Waals surface area (Å²) in [6.45, 7) is 26.4.